The van der Waals surface area contributed by atoms with E-state index in [4.69, 9.17) is 4.74 Å². The molecule has 0 atom stereocenters. The molecule has 2 N–H and O–H groups in total. The van der Waals surface area contributed by atoms with Gasteiger partial charge in [-0.1, -0.05) is 5.16 Å². The van der Waals surface area contributed by atoms with E-state index in [0.717, 1.165) is 6.07 Å². The molecule has 0 aliphatic heterocycles. The maximum atomic E-state index is 12.4. The number of amides is 2. The molecule has 1 aromatic carbocycles. The number of halogens is 3. The molecule has 9 nitrogen and oxygen atoms in total. The largest absolute Gasteiger partial charge is 0.496 e. The number of benzene rings is 1. The molecule has 0 unspecified atom stereocenters. The highest BCUT2D eigenvalue weighted by Gasteiger charge is 2.35. The normalized spacial score (nSPS) is 11.0. The number of nitro benzene ring substituents is 1. The summed E-state index contributed by atoms with van der Waals surface area (Å²) in [6, 6.07) is 3.07. The molecule has 0 fully saturated rings. The molecule has 0 saturated heterocycles. The summed E-state index contributed by atoms with van der Waals surface area (Å²) >= 11 is 0. The van der Waals surface area contributed by atoms with Crippen LogP contribution in [0, 0.1) is 10.1 Å². The van der Waals surface area contributed by atoms with Crippen molar-refractivity contribution in [2.45, 2.75) is 6.18 Å². The third-order valence-electron chi connectivity index (χ3n) is 2.69. The number of ether oxygens (including phenoxy) is 1. The fraction of sp³-hybridized carbons (Fsp3) is 0.167. The van der Waals surface area contributed by atoms with Gasteiger partial charge in [-0.05, 0) is 12.1 Å². The minimum Gasteiger partial charge on any atom is -0.496 e. The predicted octanol–water partition coefficient (Wildman–Crippen LogP) is 3.25. The Morgan fingerprint density at radius 2 is 2.04 bits per heavy atom. The van der Waals surface area contributed by atoms with Crippen molar-refractivity contribution in [1.29, 1.82) is 0 Å². The molecular weight excluding hydrogens is 337 g/mol. The summed E-state index contributed by atoms with van der Waals surface area (Å²) in [6.45, 7) is 0. The second kappa shape index (κ2) is 6.44. The molecular formula is C12H9F3N4O5. The molecule has 1 heterocycles. The number of methoxy groups -OCH3 is 1. The molecule has 2 amide bonds. The fourth-order valence-electron chi connectivity index (χ4n) is 1.63. The van der Waals surface area contributed by atoms with Gasteiger partial charge in [0, 0.05) is 6.07 Å². The molecule has 2 rings (SSSR count). The zero-order chi connectivity index (χ0) is 17.9. The highest BCUT2D eigenvalue weighted by molar-refractivity contribution is 6.00. The highest BCUT2D eigenvalue weighted by Crippen LogP contribution is 2.31. The first-order valence-electron chi connectivity index (χ1n) is 6.15. The third-order valence-corrected chi connectivity index (χ3v) is 2.69. The zero-order valence-electron chi connectivity index (χ0n) is 11.9. The van der Waals surface area contributed by atoms with Crippen LogP contribution < -0.4 is 15.4 Å². The summed E-state index contributed by atoms with van der Waals surface area (Å²) in [6.07, 6.45) is -4.73. The molecule has 128 valence electrons. The number of anilines is 2. The average Bonchev–Trinajstić information content (AvgIpc) is 2.95. The van der Waals surface area contributed by atoms with Crippen molar-refractivity contribution in [2.75, 3.05) is 17.7 Å². The van der Waals surface area contributed by atoms with Crippen molar-refractivity contribution in [3.8, 4) is 5.75 Å². The van der Waals surface area contributed by atoms with Gasteiger partial charge in [-0.3, -0.25) is 15.4 Å². The Morgan fingerprint density at radius 1 is 1.33 bits per heavy atom. The fourth-order valence-corrected chi connectivity index (χ4v) is 1.63. The van der Waals surface area contributed by atoms with Gasteiger partial charge in [0.25, 0.3) is 5.69 Å². The van der Waals surface area contributed by atoms with E-state index in [1.807, 2.05) is 5.32 Å². The van der Waals surface area contributed by atoms with Crippen molar-refractivity contribution in [2.24, 2.45) is 0 Å². The molecule has 0 radical (unpaired) electrons. The topological polar surface area (TPSA) is 120 Å². The molecule has 0 aliphatic carbocycles. The quantitative estimate of drug-likeness (QED) is 0.648. The summed E-state index contributed by atoms with van der Waals surface area (Å²) in [5.74, 6) is -0.381. The van der Waals surface area contributed by atoms with Gasteiger partial charge >= 0.3 is 12.2 Å². The monoisotopic (exact) mass is 346 g/mol. The Balaban J connectivity index is 2.12. The van der Waals surface area contributed by atoms with E-state index in [1.165, 1.54) is 19.2 Å². The second-order valence-electron chi connectivity index (χ2n) is 4.29. The molecule has 0 aliphatic rings. The number of nitro groups is 1. The van der Waals surface area contributed by atoms with Gasteiger partial charge in [-0.15, -0.1) is 0 Å². The SMILES string of the molecule is COc1ccc(NC(=O)Nc2cc(C(F)(F)F)no2)c([N+](=O)[O-])c1. The van der Waals surface area contributed by atoms with Gasteiger partial charge in [0.15, 0.2) is 5.69 Å². The second-order valence-corrected chi connectivity index (χ2v) is 4.29. The van der Waals surface area contributed by atoms with Crippen LogP contribution in [-0.4, -0.2) is 23.2 Å². The summed E-state index contributed by atoms with van der Waals surface area (Å²) in [5, 5.41) is 17.8. The van der Waals surface area contributed by atoms with Gasteiger partial charge in [0.2, 0.25) is 5.88 Å². The van der Waals surface area contributed by atoms with E-state index in [1.54, 1.807) is 0 Å². The number of alkyl halides is 3. The highest BCUT2D eigenvalue weighted by atomic mass is 19.4. The Morgan fingerprint density at radius 3 is 2.58 bits per heavy atom. The Bertz CT molecular complexity index is 774. The van der Waals surface area contributed by atoms with Gasteiger partial charge in [-0.25, -0.2) is 4.79 Å². The van der Waals surface area contributed by atoms with Crippen LogP contribution in [0.4, 0.5) is 35.2 Å². The lowest BCUT2D eigenvalue weighted by atomic mass is 10.2. The smallest absolute Gasteiger partial charge is 0.436 e. The van der Waals surface area contributed by atoms with Gasteiger partial charge in [0.1, 0.15) is 11.4 Å². The zero-order valence-corrected chi connectivity index (χ0v) is 11.9. The molecule has 24 heavy (non-hydrogen) atoms. The van der Waals surface area contributed by atoms with Crippen LogP contribution in [0.2, 0.25) is 0 Å². The van der Waals surface area contributed by atoms with Crippen molar-refractivity contribution in [1.82, 2.24) is 5.16 Å². The number of hydrogen-bond donors (Lipinski definition) is 2. The molecule has 1 aromatic heterocycles. The van der Waals surface area contributed by atoms with Crippen LogP contribution in [0.5, 0.6) is 5.75 Å². The molecule has 0 spiro atoms. The minimum atomic E-state index is -4.73. The molecule has 2 aromatic rings. The lowest BCUT2D eigenvalue weighted by Crippen LogP contribution is -2.19. The lowest BCUT2D eigenvalue weighted by molar-refractivity contribution is -0.384. The van der Waals surface area contributed by atoms with Crippen LogP contribution in [0.1, 0.15) is 5.69 Å². The number of nitrogens with zero attached hydrogens (tertiary/aromatic N) is 2. The number of carbonyl (C=O) groups excluding carboxylic acids is 1. The standard InChI is InChI=1S/C12H9F3N4O5/c1-23-6-2-3-7(8(4-6)19(21)22)16-11(20)17-10-5-9(18-24-10)12(13,14)15/h2-5H,1H3,(H2,16,17,20). The first-order valence-corrected chi connectivity index (χ1v) is 6.15. The van der Waals surface area contributed by atoms with E-state index in [2.05, 4.69) is 15.0 Å². The van der Waals surface area contributed by atoms with Gasteiger partial charge in [0.05, 0.1) is 18.1 Å². The Labute approximate surface area is 131 Å². The maximum Gasteiger partial charge on any atom is 0.436 e. The van der Waals surface area contributed by atoms with Gasteiger partial charge < -0.3 is 14.6 Å². The summed E-state index contributed by atoms with van der Waals surface area (Å²) in [7, 11) is 1.31. The van der Waals surface area contributed by atoms with E-state index < -0.39 is 34.4 Å². The summed E-state index contributed by atoms with van der Waals surface area (Å²) in [5.41, 5.74) is -1.97. The number of urea groups is 1. The van der Waals surface area contributed by atoms with E-state index in [0.29, 0.717) is 6.07 Å². The first kappa shape index (κ1) is 17.1. The van der Waals surface area contributed by atoms with Crippen molar-refractivity contribution in [3.63, 3.8) is 0 Å². The number of hydrogen-bond acceptors (Lipinski definition) is 6. The predicted molar refractivity (Wildman–Crippen MR) is 73.8 cm³/mol. The van der Waals surface area contributed by atoms with Crippen LogP contribution in [0.25, 0.3) is 0 Å². The van der Waals surface area contributed by atoms with Crippen molar-refractivity contribution in [3.05, 3.63) is 40.1 Å². The van der Waals surface area contributed by atoms with E-state index >= 15 is 0 Å². The number of aromatic nitrogens is 1. The molecule has 12 heteroatoms. The summed E-state index contributed by atoms with van der Waals surface area (Å²) < 4.78 is 46.2. The number of nitrogens with one attached hydrogen (secondary N) is 2. The molecule has 0 bridgehead atoms. The summed E-state index contributed by atoms with van der Waals surface area (Å²) in [4.78, 5) is 21.9. The van der Waals surface area contributed by atoms with Crippen LogP contribution in [0.3, 0.4) is 0 Å². The van der Waals surface area contributed by atoms with E-state index in [9.17, 15) is 28.1 Å². The number of carbonyl (C=O) groups is 1. The molecule has 0 saturated carbocycles. The van der Waals surface area contributed by atoms with E-state index in [-0.39, 0.29) is 11.4 Å². The Kier molecular flexibility index (Phi) is 4.57. The third kappa shape index (κ3) is 3.91. The van der Waals surface area contributed by atoms with Crippen LogP contribution in [-0.2, 0) is 6.18 Å². The van der Waals surface area contributed by atoms with Crippen LogP contribution in [0.15, 0.2) is 28.8 Å². The maximum absolute atomic E-state index is 12.4. The Hall–Kier alpha value is -3.31. The number of rotatable bonds is 4. The van der Waals surface area contributed by atoms with Crippen molar-refractivity contribution >= 4 is 23.3 Å². The average molecular weight is 346 g/mol. The van der Waals surface area contributed by atoms with Crippen LogP contribution >= 0.6 is 0 Å². The van der Waals surface area contributed by atoms with Gasteiger partial charge in [-0.2, -0.15) is 13.2 Å². The first-order chi connectivity index (χ1) is 11.2. The van der Waals surface area contributed by atoms with Crippen molar-refractivity contribution < 1.29 is 32.1 Å². The lowest BCUT2D eigenvalue weighted by Gasteiger charge is -2.07. The minimum absolute atomic E-state index is 0.186.